The Bertz CT molecular complexity index is 593. The highest BCUT2D eigenvalue weighted by atomic mass is 16.3. The van der Waals surface area contributed by atoms with Crippen molar-refractivity contribution in [2.75, 3.05) is 0 Å². The minimum atomic E-state index is 0.185. The number of hydrogen-bond donors (Lipinski definition) is 0. The molecule has 4 heteroatoms. The van der Waals surface area contributed by atoms with Gasteiger partial charge < -0.3 is 4.42 Å². The molecule has 0 bridgehead atoms. The predicted octanol–water partition coefficient (Wildman–Crippen LogP) is 2.51. The molecule has 1 aliphatic rings. The van der Waals surface area contributed by atoms with Gasteiger partial charge in [0.1, 0.15) is 5.69 Å². The first kappa shape index (κ1) is 10.3. The van der Waals surface area contributed by atoms with Gasteiger partial charge >= 0.3 is 0 Å². The first-order valence-corrected chi connectivity index (χ1v) is 5.82. The number of fused-ring (bicyclic) bond motifs is 1. The minimum Gasteiger partial charge on any atom is -0.462 e. The number of Topliss-reactive ketones (excluding diaryl/α,β-unsaturated/α-hetero) is 1. The van der Waals surface area contributed by atoms with Gasteiger partial charge in [0, 0.05) is 13.5 Å². The molecule has 0 saturated heterocycles. The maximum absolute atomic E-state index is 12.0. The monoisotopic (exact) mass is 230 g/mol. The summed E-state index contributed by atoms with van der Waals surface area (Å²) in [5.41, 5.74) is 3.53. The average molecular weight is 230 g/mol. The highest BCUT2D eigenvalue weighted by molar-refractivity contribution is 6.03. The number of furan rings is 1. The van der Waals surface area contributed by atoms with Crippen LogP contribution in [0.1, 0.15) is 34.5 Å². The summed E-state index contributed by atoms with van der Waals surface area (Å²) in [6.07, 6.45) is 4.05. The van der Waals surface area contributed by atoms with Crippen molar-refractivity contribution >= 4 is 5.78 Å². The van der Waals surface area contributed by atoms with Crippen LogP contribution < -0.4 is 0 Å². The second-order valence-corrected chi connectivity index (χ2v) is 4.50. The lowest BCUT2D eigenvalue weighted by Crippen LogP contribution is -2.10. The van der Waals surface area contributed by atoms with E-state index in [2.05, 4.69) is 5.10 Å². The summed E-state index contributed by atoms with van der Waals surface area (Å²) in [4.78, 5) is 12.0. The number of carbonyl (C=O) groups excluding carboxylic acids is 1. The molecule has 2 aromatic rings. The quantitative estimate of drug-likeness (QED) is 0.756. The summed E-state index contributed by atoms with van der Waals surface area (Å²) in [6, 6.07) is 1.90. The van der Waals surface area contributed by atoms with Gasteiger partial charge in [0.25, 0.3) is 0 Å². The molecule has 0 radical (unpaired) electrons. The zero-order valence-corrected chi connectivity index (χ0v) is 9.99. The van der Waals surface area contributed by atoms with Crippen molar-refractivity contribution < 1.29 is 9.21 Å². The number of carbonyl (C=O) groups is 1. The maximum atomic E-state index is 12.0. The number of aromatic nitrogens is 2. The Morgan fingerprint density at radius 3 is 2.94 bits per heavy atom. The molecule has 2 aromatic heterocycles. The third-order valence-corrected chi connectivity index (χ3v) is 3.29. The van der Waals surface area contributed by atoms with Crippen molar-refractivity contribution in [3.63, 3.8) is 0 Å². The molecule has 0 fully saturated rings. The predicted molar refractivity (Wildman–Crippen MR) is 62.9 cm³/mol. The fourth-order valence-corrected chi connectivity index (χ4v) is 2.46. The zero-order valence-electron chi connectivity index (χ0n) is 9.99. The smallest absolute Gasteiger partial charge is 0.167 e. The lowest BCUT2D eigenvalue weighted by Gasteiger charge is -2.09. The van der Waals surface area contributed by atoms with Crippen LogP contribution in [0.2, 0.25) is 0 Å². The van der Waals surface area contributed by atoms with E-state index in [1.54, 1.807) is 10.9 Å². The van der Waals surface area contributed by atoms with Gasteiger partial charge in [-0.3, -0.25) is 9.48 Å². The van der Waals surface area contributed by atoms with Gasteiger partial charge in [-0.05, 0) is 31.4 Å². The van der Waals surface area contributed by atoms with E-state index in [-0.39, 0.29) is 5.78 Å². The van der Waals surface area contributed by atoms with Gasteiger partial charge in [0.05, 0.1) is 17.5 Å². The van der Waals surface area contributed by atoms with Crippen molar-refractivity contribution in [1.82, 2.24) is 9.78 Å². The van der Waals surface area contributed by atoms with Gasteiger partial charge in [0.2, 0.25) is 0 Å². The molecule has 1 aliphatic carbocycles. The average Bonchev–Trinajstić information content (AvgIpc) is 2.82. The first-order chi connectivity index (χ1) is 8.18. The van der Waals surface area contributed by atoms with Crippen molar-refractivity contribution in [3.8, 4) is 11.5 Å². The molecule has 2 heterocycles. The van der Waals surface area contributed by atoms with E-state index < -0.39 is 0 Å². The SMILES string of the molecule is Cc1ccoc1-c1c2c(nn1C)CCCC2=O. The third-order valence-electron chi connectivity index (χ3n) is 3.29. The van der Waals surface area contributed by atoms with Crippen molar-refractivity contribution in [1.29, 1.82) is 0 Å². The fraction of sp³-hybridized carbons (Fsp3) is 0.385. The molecule has 3 rings (SSSR count). The maximum Gasteiger partial charge on any atom is 0.167 e. The van der Waals surface area contributed by atoms with Crippen LogP contribution in [0.3, 0.4) is 0 Å². The number of rotatable bonds is 1. The fourth-order valence-electron chi connectivity index (χ4n) is 2.46. The molecule has 0 spiro atoms. The van der Waals surface area contributed by atoms with Gasteiger partial charge in [-0.1, -0.05) is 0 Å². The van der Waals surface area contributed by atoms with E-state index in [0.717, 1.165) is 41.1 Å². The third kappa shape index (κ3) is 1.44. The lowest BCUT2D eigenvalue weighted by molar-refractivity contribution is 0.0973. The van der Waals surface area contributed by atoms with E-state index in [4.69, 9.17) is 4.42 Å². The molecule has 88 valence electrons. The van der Waals surface area contributed by atoms with E-state index >= 15 is 0 Å². The Hall–Kier alpha value is -1.84. The van der Waals surface area contributed by atoms with Gasteiger partial charge in [-0.2, -0.15) is 5.10 Å². The number of ketones is 1. The molecule has 0 amide bonds. The van der Waals surface area contributed by atoms with E-state index in [1.807, 2.05) is 20.0 Å². The number of nitrogens with zero attached hydrogens (tertiary/aromatic N) is 2. The highest BCUT2D eigenvalue weighted by Crippen LogP contribution is 2.33. The molecule has 0 atom stereocenters. The van der Waals surface area contributed by atoms with E-state index in [0.29, 0.717) is 6.42 Å². The molecule has 0 aliphatic heterocycles. The Morgan fingerprint density at radius 1 is 1.41 bits per heavy atom. The molecule has 0 N–H and O–H groups in total. The number of aryl methyl sites for hydroxylation is 3. The van der Waals surface area contributed by atoms with Crippen molar-refractivity contribution in [3.05, 3.63) is 29.2 Å². The van der Waals surface area contributed by atoms with Crippen LogP contribution in [-0.4, -0.2) is 15.6 Å². The largest absolute Gasteiger partial charge is 0.462 e. The summed E-state index contributed by atoms with van der Waals surface area (Å²) in [5, 5.41) is 4.43. The van der Waals surface area contributed by atoms with Crippen LogP contribution in [0, 0.1) is 6.92 Å². The van der Waals surface area contributed by atoms with Gasteiger partial charge in [0.15, 0.2) is 11.5 Å². The topological polar surface area (TPSA) is 48.0 Å². The Balaban J connectivity index is 2.27. The second-order valence-electron chi connectivity index (χ2n) is 4.50. The van der Waals surface area contributed by atoms with Crippen molar-refractivity contribution in [2.24, 2.45) is 7.05 Å². The Kier molecular flexibility index (Phi) is 2.18. The van der Waals surface area contributed by atoms with Crippen LogP contribution in [0.4, 0.5) is 0 Å². The van der Waals surface area contributed by atoms with Crippen molar-refractivity contribution in [2.45, 2.75) is 26.2 Å². The molecule has 4 nitrogen and oxygen atoms in total. The standard InChI is InChI=1S/C13H14N2O2/c1-8-6-7-17-13(8)12-11-9(14-15(12)2)4-3-5-10(11)16/h6-7H,3-5H2,1-2H3. The van der Waals surface area contributed by atoms with Crippen LogP contribution in [0.5, 0.6) is 0 Å². The first-order valence-electron chi connectivity index (χ1n) is 5.82. The molecule has 0 saturated carbocycles. The van der Waals surface area contributed by atoms with E-state index in [1.165, 1.54) is 0 Å². The molecule has 0 unspecified atom stereocenters. The van der Waals surface area contributed by atoms with Crippen LogP contribution in [0.25, 0.3) is 11.5 Å². The van der Waals surface area contributed by atoms with Crippen LogP contribution >= 0.6 is 0 Å². The van der Waals surface area contributed by atoms with Gasteiger partial charge in [-0.25, -0.2) is 0 Å². The summed E-state index contributed by atoms with van der Waals surface area (Å²) < 4.78 is 7.25. The Labute approximate surface area is 99.2 Å². The highest BCUT2D eigenvalue weighted by Gasteiger charge is 2.28. The molecule has 17 heavy (non-hydrogen) atoms. The number of hydrogen-bond acceptors (Lipinski definition) is 3. The van der Waals surface area contributed by atoms with Crippen LogP contribution in [0.15, 0.2) is 16.7 Å². The van der Waals surface area contributed by atoms with Gasteiger partial charge in [-0.15, -0.1) is 0 Å². The zero-order chi connectivity index (χ0) is 12.0. The molecule has 0 aromatic carbocycles. The summed E-state index contributed by atoms with van der Waals surface area (Å²) in [7, 11) is 1.86. The van der Waals surface area contributed by atoms with Crippen LogP contribution in [-0.2, 0) is 13.5 Å². The summed E-state index contributed by atoms with van der Waals surface area (Å²) in [5.74, 6) is 0.946. The second kappa shape index (κ2) is 3.58. The molecular formula is C13H14N2O2. The van der Waals surface area contributed by atoms with E-state index in [9.17, 15) is 4.79 Å². The molecular weight excluding hydrogens is 216 g/mol. The lowest BCUT2D eigenvalue weighted by atomic mass is 9.93. The summed E-state index contributed by atoms with van der Waals surface area (Å²) in [6.45, 7) is 1.98. The Morgan fingerprint density at radius 2 is 2.24 bits per heavy atom. The normalized spacial score (nSPS) is 15.1. The minimum absolute atomic E-state index is 0.185. The summed E-state index contributed by atoms with van der Waals surface area (Å²) >= 11 is 0.